The predicted octanol–water partition coefficient (Wildman–Crippen LogP) is 4.38. The van der Waals surface area contributed by atoms with E-state index in [0.29, 0.717) is 11.8 Å². The summed E-state index contributed by atoms with van der Waals surface area (Å²) in [5, 5.41) is 14.5. The molecule has 7 heteroatoms. The zero-order valence-corrected chi connectivity index (χ0v) is 15.4. The minimum atomic E-state index is -0.0291. The van der Waals surface area contributed by atoms with Crippen molar-refractivity contribution in [2.45, 2.75) is 31.0 Å². The van der Waals surface area contributed by atoms with Gasteiger partial charge in [0.25, 0.3) is 0 Å². The Morgan fingerprint density at radius 3 is 2.92 bits per heavy atom. The van der Waals surface area contributed by atoms with E-state index in [9.17, 15) is 4.79 Å². The molecule has 0 unspecified atom stereocenters. The third-order valence-corrected chi connectivity index (χ3v) is 5.76. The Balaban J connectivity index is 1.45. The first kappa shape index (κ1) is 16.4. The first-order valence-corrected chi connectivity index (χ1v) is 10.1. The van der Waals surface area contributed by atoms with Crippen LogP contribution in [-0.2, 0) is 4.79 Å². The SMILES string of the molecule is Cc1cccc(NC(=O)CSc2nnc(-c3cccs3)n2C2CC2)c1. The number of anilines is 1. The fourth-order valence-electron chi connectivity index (χ4n) is 2.66. The molecule has 1 aliphatic rings. The lowest BCUT2D eigenvalue weighted by Crippen LogP contribution is -2.14. The molecule has 0 saturated heterocycles. The van der Waals surface area contributed by atoms with E-state index in [1.165, 1.54) is 11.8 Å². The standard InChI is InChI=1S/C18H18N4OS2/c1-12-4-2-5-13(10-12)19-16(23)11-25-18-21-20-17(15-6-3-9-24-15)22(18)14-7-8-14/h2-6,9-10,14H,7-8,11H2,1H3,(H,19,23). The van der Waals surface area contributed by atoms with E-state index < -0.39 is 0 Å². The molecule has 1 aliphatic carbocycles. The summed E-state index contributed by atoms with van der Waals surface area (Å²) < 4.78 is 2.19. The molecule has 2 aromatic heterocycles. The molecule has 0 aliphatic heterocycles. The molecule has 25 heavy (non-hydrogen) atoms. The molecular weight excluding hydrogens is 352 g/mol. The van der Waals surface area contributed by atoms with Crippen molar-refractivity contribution in [3.05, 3.63) is 47.3 Å². The fourth-order valence-corrected chi connectivity index (χ4v) is 4.17. The summed E-state index contributed by atoms with van der Waals surface area (Å²) in [6.45, 7) is 2.01. The van der Waals surface area contributed by atoms with Crippen molar-refractivity contribution in [1.29, 1.82) is 0 Å². The van der Waals surface area contributed by atoms with Crippen molar-refractivity contribution in [2.75, 3.05) is 11.1 Å². The molecule has 1 aromatic carbocycles. The zero-order chi connectivity index (χ0) is 17.2. The van der Waals surface area contributed by atoms with E-state index in [2.05, 4.69) is 26.1 Å². The number of aryl methyl sites for hydroxylation is 1. The minimum absolute atomic E-state index is 0.0291. The smallest absolute Gasteiger partial charge is 0.234 e. The Morgan fingerprint density at radius 1 is 1.32 bits per heavy atom. The van der Waals surface area contributed by atoms with E-state index >= 15 is 0 Å². The van der Waals surface area contributed by atoms with Crippen LogP contribution in [0.25, 0.3) is 10.7 Å². The van der Waals surface area contributed by atoms with Crippen LogP contribution in [0.4, 0.5) is 5.69 Å². The van der Waals surface area contributed by atoms with Gasteiger partial charge in [0.2, 0.25) is 5.91 Å². The number of hydrogen-bond acceptors (Lipinski definition) is 5. The number of hydrogen-bond donors (Lipinski definition) is 1. The summed E-state index contributed by atoms with van der Waals surface area (Å²) in [5.41, 5.74) is 1.95. The van der Waals surface area contributed by atoms with Gasteiger partial charge in [0.05, 0.1) is 10.6 Å². The van der Waals surface area contributed by atoms with Crippen LogP contribution in [0, 0.1) is 6.92 Å². The number of carbonyl (C=O) groups excluding carboxylic acids is 1. The molecule has 1 saturated carbocycles. The lowest BCUT2D eigenvalue weighted by atomic mass is 10.2. The topological polar surface area (TPSA) is 59.8 Å². The molecule has 1 N–H and O–H groups in total. The summed E-state index contributed by atoms with van der Waals surface area (Å²) in [5.74, 6) is 1.21. The molecule has 4 rings (SSSR count). The average Bonchev–Trinajstić information content (AvgIpc) is 3.11. The lowest BCUT2D eigenvalue weighted by Gasteiger charge is -2.08. The zero-order valence-electron chi connectivity index (χ0n) is 13.8. The highest BCUT2D eigenvalue weighted by molar-refractivity contribution is 7.99. The number of benzene rings is 1. The van der Waals surface area contributed by atoms with Gasteiger partial charge in [-0.15, -0.1) is 21.5 Å². The molecule has 1 amide bonds. The lowest BCUT2D eigenvalue weighted by molar-refractivity contribution is -0.113. The number of thiophene rings is 1. The van der Waals surface area contributed by atoms with Gasteiger partial charge in [-0.2, -0.15) is 0 Å². The van der Waals surface area contributed by atoms with Gasteiger partial charge >= 0.3 is 0 Å². The van der Waals surface area contributed by atoms with Crippen molar-refractivity contribution in [3.8, 4) is 10.7 Å². The van der Waals surface area contributed by atoms with E-state index in [0.717, 1.165) is 40.0 Å². The highest BCUT2D eigenvalue weighted by Crippen LogP contribution is 2.41. The number of thioether (sulfide) groups is 1. The summed E-state index contributed by atoms with van der Waals surface area (Å²) in [6.07, 6.45) is 2.30. The van der Waals surface area contributed by atoms with E-state index in [1.54, 1.807) is 11.3 Å². The molecule has 5 nitrogen and oxygen atoms in total. The largest absolute Gasteiger partial charge is 0.325 e. The number of nitrogens with one attached hydrogen (secondary N) is 1. The highest BCUT2D eigenvalue weighted by Gasteiger charge is 2.30. The van der Waals surface area contributed by atoms with Crippen LogP contribution in [0.3, 0.4) is 0 Å². The van der Waals surface area contributed by atoms with Gasteiger partial charge in [-0.05, 0) is 48.9 Å². The molecule has 0 atom stereocenters. The van der Waals surface area contributed by atoms with Crippen molar-refractivity contribution < 1.29 is 4.79 Å². The van der Waals surface area contributed by atoms with Crippen LogP contribution in [0.1, 0.15) is 24.4 Å². The van der Waals surface area contributed by atoms with Gasteiger partial charge in [0.1, 0.15) is 0 Å². The molecule has 2 heterocycles. The minimum Gasteiger partial charge on any atom is -0.325 e. The van der Waals surface area contributed by atoms with Gasteiger partial charge in [0, 0.05) is 11.7 Å². The van der Waals surface area contributed by atoms with Gasteiger partial charge in [-0.3, -0.25) is 9.36 Å². The van der Waals surface area contributed by atoms with Crippen molar-refractivity contribution in [2.24, 2.45) is 0 Å². The van der Waals surface area contributed by atoms with E-state index in [-0.39, 0.29) is 5.91 Å². The van der Waals surface area contributed by atoms with Crippen molar-refractivity contribution >= 4 is 34.7 Å². The number of carbonyl (C=O) groups is 1. The average molecular weight is 371 g/mol. The quantitative estimate of drug-likeness (QED) is 0.654. The maximum absolute atomic E-state index is 12.2. The molecule has 3 aromatic rings. The number of nitrogens with zero attached hydrogens (tertiary/aromatic N) is 3. The molecule has 0 bridgehead atoms. The molecule has 0 spiro atoms. The summed E-state index contributed by atoms with van der Waals surface area (Å²) >= 11 is 3.11. The van der Waals surface area contributed by atoms with Crippen LogP contribution >= 0.6 is 23.1 Å². The normalized spacial score (nSPS) is 13.8. The maximum atomic E-state index is 12.2. The van der Waals surface area contributed by atoms with Gasteiger partial charge in [-0.1, -0.05) is 30.0 Å². The third kappa shape index (κ3) is 3.77. The van der Waals surface area contributed by atoms with Crippen LogP contribution in [0.5, 0.6) is 0 Å². The number of rotatable bonds is 6. The van der Waals surface area contributed by atoms with Crippen LogP contribution < -0.4 is 5.32 Å². The Morgan fingerprint density at radius 2 is 2.20 bits per heavy atom. The number of amides is 1. The first-order chi connectivity index (χ1) is 12.2. The van der Waals surface area contributed by atoms with E-state index in [1.807, 2.05) is 42.6 Å². The Labute approximate surface area is 154 Å². The second-order valence-corrected chi connectivity index (χ2v) is 7.98. The van der Waals surface area contributed by atoms with Gasteiger partial charge in [-0.25, -0.2) is 0 Å². The van der Waals surface area contributed by atoms with Crippen LogP contribution in [-0.4, -0.2) is 26.4 Å². The molecule has 1 fully saturated rings. The fraction of sp³-hybridized carbons (Fsp3) is 0.278. The predicted molar refractivity (Wildman–Crippen MR) is 102 cm³/mol. The third-order valence-electron chi connectivity index (χ3n) is 3.95. The summed E-state index contributed by atoms with van der Waals surface area (Å²) in [6, 6.07) is 12.4. The van der Waals surface area contributed by atoms with Gasteiger partial charge < -0.3 is 5.32 Å². The first-order valence-electron chi connectivity index (χ1n) is 8.19. The van der Waals surface area contributed by atoms with Gasteiger partial charge in [0.15, 0.2) is 11.0 Å². The van der Waals surface area contributed by atoms with Crippen LogP contribution in [0.2, 0.25) is 0 Å². The van der Waals surface area contributed by atoms with Crippen molar-refractivity contribution in [3.63, 3.8) is 0 Å². The Hall–Kier alpha value is -2.12. The van der Waals surface area contributed by atoms with E-state index in [4.69, 9.17) is 0 Å². The monoisotopic (exact) mass is 370 g/mol. The summed E-state index contributed by atoms with van der Waals surface area (Å²) in [4.78, 5) is 13.4. The second-order valence-electron chi connectivity index (χ2n) is 6.09. The highest BCUT2D eigenvalue weighted by atomic mass is 32.2. The van der Waals surface area contributed by atoms with Crippen LogP contribution in [0.15, 0.2) is 46.9 Å². The Kier molecular flexibility index (Phi) is 4.59. The summed E-state index contributed by atoms with van der Waals surface area (Å²) in [7, 11) is 0. The van der Waals surface area contributed by atoms with Crippen molar-refractivity contribution in [1.82, 2.24) is 14.8 Å². The second kappa shape index (κ2) is 7.01. The number of aromatic nitrogens is 3. The molecule has 0 radical (unpaired) electrons. The maximum Gasteiger partial charge on any atom is 0.234 e. The Bertz CT molecular complexity index is 884. The molecule has 128 valence electrons. The molecular formula is C18H18N4OS2.